The molecule has 1 aliphatic rings. The molecule has 1 N–H and O–H groups in total. The van der Waals surface area contributed by atoms with Gasteiger partial charge in [-0.05, 0) is 32.0 Å². The summed E-state index contributed by atoms with van der Waals surface area (Å²) in [7, 11) is 0. The van der Waals surface area contributed by atoms with Crippen LogP contribution in [0.1, 0.15) is 33.7 Å². The second kappa shape index (κ2) is 6.87. The molecule has 7 nitrogen and oxygen atoms in total. The predicted molar refractivity (Wildman–Crippen MR) is 94.9 cm³/mol. The summed E-state index contributed by atoms with van der Waals surface area (Å²) in [5, 5.41) is 8.35. The van der Waals surface area contributed by atoms with Crippen LogP contribution in [0.2, 0.25) is 0 Å². The first-order valence-corrected chi connectivity index (χ1v) is 9.13. The zero-order valence-electron chi connectivity index (χ0n) is 14.3. The molecule has 3 heterocycles. The molecule has 0 saturated heterocycles. The summed E-state index contributed by atoms with van der Waals surface area (Å²) in [5.41, 5.74) is 2.52. The fraction of sp³-hybridized carbons (Fsp3) is 0.278. The highest BCUT2D eigenvalue weighted by atomic mass is 32.2. The van der Waals surface area contributed by atoms with E-state index >= 15 is 0 Å². The minimum absolute atomic E-state index is 0.0165. The van der Waals surface area contributed by atoms with E-state index < -0.39 is 6.10 Å². The summed E-state index contributed by atoms with van der Waals surface area (Å²) in [5.74, 6) is 1.92. The highest BCUT2D eigenvalue weighted by molar-refractivity contribution is 7.99. The maximum atomic E-state index is 12.3. The molecule has 0 radical (unpaired) electrons. The summed E-state index contributed by atoms with van der Waals surface area (Å²) in [4.78, 5) is 15.5. The van der Waals surface area contributed by atoms with Crippen LogP contribution < -0.4 is 9.47 Å². The van der Waals surface area contributed by atoms with Gasteiger partial charge in [-0.2, -0.15) is 0 Å². The van der Waals surface area contributed by atoms with Gasteiger partial charge in [-0.3, -0.25) is 4.79 Å². The van der Waals surface area contributed by atoms with Gasteiger partial charge in [0.15, 0.2) is 17.3 Å². The van der Waals surface area contributed by atoms with Crippen LogP contribution in [0.3, 0.4) is 0 Å². The SMILES string of the molecule is Cc1cc(C(=O)CSc2nnc(C3COc4ccccc4O3)o2)c(C)[nH]1. The maximum absolute atomic E-state index is 12.3. The number of hydrogen-bond acceptors (Lipinski definition) is 7. The van der Waals surface area contributed by atoms with E-state index in [0.717, 1.165) is 11.4 Å². The maximum Gasteiger partial charge on any atom is 0.277 e. The number of H-pyrrole nitrogens is 1. The van der Waals surface area contributed by atoms with E-state index in [9.17, 15) is 4.79 Å². The lowest BCUT2D eigenvalue weighted by Gasteiger charge is -2.23. The Morgan fingerprint density at radius 2 is 2.08 bits per heavy atom. The van der Waals surface area contributed by atoms with Gasteiger partial charge in [0, 0.05) is 17.0 Å². The Morgan fingerprint density at radius 1 is 1.27 bits per heavy atom. The van der Waals surface area contributed by atoms with Crippen LogP contribution >= 0.6 is 11.8 Å². The van der Waals surface area contributed by atoms with Crippen LogP contribution in [-0.4, -0.2) is 33.3 Å². The van der Waals surface area contributed by atoms with E-state index in [-0.39, 0.29) is 11.5 Å². The average Bonchev–Trinajstić information content (AvgIpc) is 3.25. The molecule has 2 aromatic heterocycles. The van der Waals surface area contributed by atoms with E-state index in [2.05, 4.69) is 15.2 Å². The minimum atomic E-state index is -0.461. The molecule has 0 amide bonds. The number of nitrogens with zero attached hydrogens (tertiary/aromatic N) is 2. The Hall–Kier alpha value is -2.74. The highest BCUT2D eigenvalue weighted by Crippen LogP contribution is 2.36. The number of carbonyl (C=O) groups is 1. The Labute approximate surface area is 154 Å². The lowest BCUT2D eigenvalue weighted by Crippen LogP contribution is -2.21. The van der Waals surface area contributed by atoms with Gasteiger partial charge in [0.25, 0.3) is 11.1 Å². The second-order valence-corrected chi connectivity index (χ2v) is 6.90. The summed E-state index contributed by atoms with van der Waals surface area (Å²) < 4.78 is 17.1. The van der Waals surface area contributed by atoms with Crippen LogP contribution in [0, 0.1) is 13.8 Å². The number of thioether (sulfide) groups is 1. The number of nitrogens with one attached hydrogen (secondary N) is 1. The lowest BCUT2D eigenvalue weighted by atomic mass is 10.2. The van der Waals surface area contributed by atoms with Crippen molar-refractivity contribution >= 4 is 17.5 Å². The molecule has 1 atom stereocenters. The highest BCUT2D eigenvalue weighted by Gasteiger charge is 2.27. The molecule has 0 saturated carbocycles. The van der Waals surface area contributed by atoms with E-state index in [4.69, 9.17) is 13.9 Å². The van der Waals surface area contributed by atoms with Crippen molar-refractivity contribution in [1.82, 2.24) is 15.2 Å². The van der Waals surface area contributed by atoms with Gasteiger partial charge in [0.2, 0.25) is 6.10 Å². The molecule has 134 valence electrons. The minimum Gasteiger partial charge on any atom is -0.485 e. The number of rotatable bonds is 5. The van der Waals surface area contributed by atoms with E-state index in [1.54, 1.807) is 0 Å². The first kappa shape index (κ1) is 16.7. The largest absolute Gasteiger partial charge is 0.485 e. The number of aryl methyl sites for hydroxylation is 2. The molecule has 0 aliphatic carbocycles. The number of aromatic amines is 1. The Bertz CT molecular complexity index is 950. The van der Waals surface area contributed by atoms with Crippen LogP contribution in [0.15, 0.2) is 40.0 Å². The smallest absolute Gasteiger partial charge is 0.277 e. The molecule has 0 spiro atoms. The van der Waals surface area contributed by atoms with Crippen molar-refractivity contribution in [3.63, 3.8) is 0 Å². The Balaban J connectivity index is 1.39. The number of ketones is 1. The zero-order valence-corrected chi connectivity index (χ0v) is 15.1. The number of para-hydroxylation sites is 2. The fourth-order valence-corrected chi connectivity index (χ4v) is 3.42. The molecule has 1 unspecified atom stereocenters. The summed E-state index contributed by atoms with van der Waals surface area (Å²) >= 11 is 1.21. The van der Waals surface area contributed by atoms with E-state index in [1.165, 1.54) is 11.8 Å². The van der Waals surface area contributed by atoms with Crippen LogP contribution in [0.25, 0.3) is 0 Å². The van der Waals surface area contributed by atoms with Crippen molar-refractivity contribution in [1.29, 1.82) is 0 Å². The second-order valence-electron chi connectivity index (χ2n) is 5.97. The quantitative estimate of drug-likeness (QED) is 0.542. The number of ether oxygens (including phenoxy) is 2. The standard InChI is InChI=1S/C18H17N3O4S/c1-10-7-12(11(2)19-10)13(22)9-26-18-21-20-17(25-18)16-8-23-14-5-3-4-6-15(14)24-16/h3-7,16,19H,8-9H2,1-2H3. The third kappa shape index (κ3) is 3.32. The number of Topliss-reactive ketones (excluding diaryl/α,β-unsaturated/α-hetero) is 1. The number of aromatic nitrogens is 3. The average molecular weight is 371 g/mol. The van der Waals surface area contributed by atoms with Gasteiger partial charge in [0.05, 0.1) is 5.75 Å². The number of benzene rings is 1. The first-order valence-electron chi connectivity index (χ1n) is 8.14. The van der Waals surface area contributed by atoms with Gasteiger partial charge < -0.3 is 18.9 Å². The van der Waals surface area contributed by atoms with E-state index in [0.29, 0.717) is 34.8 Å². The van der Waals surface area contributed by atoms with Crippen molar-refractivity contribution in [2.24, 2.45) is 0 Å². The molecule has 3 aromatic rings. The molecular formula is C18H17N3O4S. The normalized spacial score (nSPS) is 15.8. The summed E-state index contributed by atoms with van der Waals surface area (Å²) in [6, 6.07) is 9.27. The zero-order chi connectivity index (χ0) is 18.1. The summed E-state index contributed by atoms with van der Waals surface area (Å²) in [6.07, 6.45) is -0.461. The lowest BCUT2D eigenvalue weighted by molar-refractivity contribution is 0.0686. The number of hydrogen-bond donors (Lipinski definition) is 1. The van der Waals surface area contributed by atoms with Crippen molar-refractivity contribution in [3.05, 3.63) is 53.2 Å². The van der Waals surface area contributed by atoms with Crippen LogP contribution in [0.5, 0.6) is 11.5 Å². The third-order valence-corrected chi connectivity index (χ3v) is 4.80. The summed E-state index contributed by atoms with van der Waals surface area (Å²) in [6.45, 7) is 4.10. The van der Waals surface area contributed by atoms with Gasteiger partial charge in [0.1, 0.15) is 6.61 Å². The molecule has 4 rings (SSSR count). The monoisotopic (exact) mass is 371 g/mol. The topological polar surface area (TPSA) is 90.2 Å². The molecule has 1 aliphatic heterocycles. The third-order valence-electron chi connectivity index (χ3n) is 3.98. The number of carbonyl (C=O) groups excluding carboxylic acids is 1. The van der Waals surface area contributed by atoms with Crippen molar-refractivity contribution in [2.45, 2.75) is 25.2 Å². The van der Waals surface area contributed by atoms with Crippen LogP contribution in [-0.2, 0) is 0 Å². The number of fused-ring (bicyclic) bond motifs is 1. The molecule has 26 heavy (non-hydrogen) atoms. The van der Waals surface area contributed by atoms with Crippen molar-refractivity contribution < 1.29 is 18.7 Å². The molecular weight excluding hydrogens is 354 g/mol. The predicted octanol–water partition coefficient (Wildman–Crippen LogP) is 3.50. The van der Waals surface area contributed by atoms with E-state index in [1.807, 2.05) is 44.2 Å². The van der Waals surface area contributed by atoms with Crippen LogP contribution in [0.4, 0.5) is 0 Å². The van der Waals surface area contributed by atoms with Crippen molar-refractivity contribution in [3.8, 4) is 11.5 Å². The molecule has 0 bridgehead atoms. The van der Waals surface area contributed by atoms with Gasteiger partial charge in [-0.15, -0.1) is 10.2 Å². The van der Waals surface area contributed by atoms with Gasteiger partial charge in [-0.25, -0.2) is 0 Å². The Kier molecular flexibility index (Phi) is 4.42. The molecule has 8 heteroatoms. The molecule has 1 aromatic carbocycles. The van der Waals surface area contributed by atoms with Gasteiger partial charge in [-0.1, -0.05) is 23.9 Å². The Morgan fingerprint density at radius 3 is 2.85 bits per heavy atom. The first-order chi connectivity index (χ1) is 12.6. The fourth-order valence-electron chi connectivity index (χ4n) is 2.77. The molecule has 0 fully saturated rings. The van der Waals surface area contributed by atoms with Crippen molar-refractivity contribution in [2.75, 3.05) is 12.4 Å². The van der Waals surface area contributed by atoms with Gasteiger partial charge >= 0.3 is 0 Å².